The monoisotopic (exact) mass is 416 g/mol. The highest BCUT2D eigenvalue weighted by molar-refractivity contribution is 9.10. The van der Waals surface area contributed by atoms with E-state index in [-0.39, 0.29) is 0 Å². The first-order chi connectivity index (χ1) is 13.2. The quantitative estimate of drug-likeness (QED) is 0.337. The molecule has 0 saturated carbocycles. The summed E-state index contributed by atoms with van der Waals surface area (Å²) >= 11 is 3.43. The molecule has 3 aromatic carbocycles. The highest BCUT2D eigenvalue weighted by Gasteiger charge is 2.09. The highest BCUT2D eigenvalue weighted by Crippen LogP contribution is 2.28. The van der Waals surface area contributed by atoms with E-state index in [1.165, 1.54) is 5.56 Å². The molecule has 1 aromatic heterocycles. The molecule has 1 heterocycles. The first-order valence-corrected chi connectivity index (χ1v) is 9.37. The van der Waals surface area contributed by atoms with Crippen LogP contribution in [-0.4, -0.2) is 16.2 Å². The number of hydrogen-bond donors (Lipinski definition) is 1. The second kappa shape index (κ2) is 7.68. The second-order valence-electron chi connectivity index (χ2n) is 6.20. The molecule has 0 atom stereocenters. The van der Waals surface area contributed by atoms with Crippen LogP contribution in [0.1, 0.15) is 11.1 Å². The van der Waals surface area contributed by atoms with E-state index >= 15 is 0 Å². The van der Waals surface area contributed by atoms with Gasteiger partial charge in [-0.05, 0) is 36.8 Å². The lowest BCUT2D eigenvalue weighted by Crippen LogP contribution is -2.00. The zero-order valence-corrected chi connectivity index (χ0v) is 16.3. The van der Waals surface area contributed by atoms with Gasteiger partial charge in [-0.1, -0.05) is 70.0 Å². The minimum absolute atomic E-state index is 0.471. The number of anilines is 1. The van der Waals surface area contributed by atoms with Crippen molar-refractivity contribution in [3.05, 3.63) is 88.4 Å². The van der Waals surface area contributed by atoms with Crippen molar-refractivity contribution >= 4 is 39.0 Å². The zero-order chi connectivity index (χ0) is 18.6. The Hall–Kier alpha value is -3.05. The zero-order valence-electron chi connectivity index (χ0n) is 14.7. The van der Waals surface area contributed by atoms with Crippen molar-refractivity contribution < 1.29 is 0 Å². The van der Waals surface area contributed by atoms with Gasteiger partial charge in [0.15, 0.2) is 0 Å². The first-order valence-electron chi connectivity index (χ1n) is 8.57. The molecular weight excluding hydrogens is 400 g/mol. The van der Waals surface area contributed by atoms with Crippen LogP contribution in [-0.2, 0) is 0 Å². The number of aromatic nitrogens is 2. The van der Waals surface area contributed by atoms with E-state index < -0.39 is 0 Å². The molecule has 0 radical (unpaired) electrons. The van der Waals surface area contributed by atoms with Crippen LogP contribution < -0.4 is 5.43 Å². The molecule has 132 valence electrons. The van der Waals surface area contributed by atoms with Gasteiger partial charge in [-0.25, -0.2) is 15.4 Å². The molecule has 0 aliphatic carbocycles. The Bertz CT molecular complexity index is 1110. The molecule has 4 nitrogen and oxygen atoms in total. The molecule has 0 aliphatic heterocycles. The molecular formula is C22H17BrN4. The molecule has 0 spiro atoms. The number of hydrazone groups is 1. The molecule has 0 fully saturated rings. The SMILES string of the molecule is Cc1ccc2nc(N/N=C\c3ccc(Br)cc3)nc(-c3ccccc3)c2c1. The molecule has 0 unspecified atom stereocenters. The fourth-order valence-electron chi connectivity index (χ4n) is 2.82. The van der Waals surface area contributed by atoms with Crippen LogP contribution in [0.15, 0.2) is 82.4 Å². The van der Waals surface area contributed by atoms with Crippen LogP contribution in [0, 0.1) is 6.92 Å². The highest BCUT2D eigenvalue weighted by atomic mass is 79.9. The van der Waals surface area contributed by atoms with Gasteiger partial charge in [0, 0.05) is 15.4 Å². The van der Waals surface area contributed by atoms with E-state index in [4.69, 9.17) is 4.98 Å². The Morgan fingerprint density at radius 2 is 1.70 bits per heavy atom. The van der Waals surface area contributed by atoms with Gasteiger partial charge in [-0.3, -0.25) is 0 Å². The van der Waals surface area contributed by atoms with E-state index in [2.05, 4.69) is 62.6 Å². The molecule has 27 heavy (non-hydrogen) atoms. The number of halogens is 1. The Morgan fingerprint density at radius 1 is 0.926 bits per heavy atom. The lowest BCUT2D eigenvalue weighted by atomic mass is 10.0. The van der Waals surface area contributed by atoms with Crippen molar-refractivity contribution in [2.75, 3.05) is 5.43 Å². The number of nitrogens with zero attached hydrogens (tertiary/aromatic N) is 3. The summed E-state index contributed by atoms with van der Waals surface area (Å²) in [6.45, 7) is 2.07. The smallest absolute Gasteiger partial charge is 0.244 e. The number of hydrogen-bond acceptors (Lipinski definition) is 4. The summed E-state index contributed by atoms with van der Waals surface area (Å²) in [6.07, 6.45) is 1.75. The maximum atomic E-state index is 4.71. The Balaban J connectivity index is 1.71. The molecule has 0 amide bonds. The summed E-state index contributed by atoms with van der Waals surface area (Å²) in [7, 11) is 0. The van der Waals surface area contributed by atoms with Gasteiger partial charge >= 0.3 is 0 Å². The van der Waals surface area contributed by atoms with Crippen molar-refractivity contribution in [3.8, 4) is 11.3 Å². The average molecular weight is 417 g/mol. The number of fused-ring (bicyclic) bond motifs is 1. The Morgan fingerprint density at radius 3 is 2.48 bits per heavy atom. The third-order valence-electron chi connectivity index (χ3n) is 4.15. The van der Waals surface area contributed by atoms with Gasteiger partial charge in [0.25, 0.3) is 0 Å². The van der Waals surface area contributed by atoms with Crippen molar-refractivity contribution in [1.82, 2.24) is 9.97 Å². The fraction of sp³-hybridized carbons (Fsp3) is 0.0455. The summed E-state index contributed by atoms with van der Waals surface area (Å²) in [5.41, 5.74) is 7.96. The van der Waals surface area contributed by atoms with Gasteiger partial charge < -0.3 is 0 Å². The van der Waals surface area contributed by atoms with Crippen molar-refractivity contribution in [2.24, 2.45) is 5.10 Å². The summed E-state index contributed by atoms with van der Waals surface area (Å²) in [5, 5.41) is 5.32. The maximum Gasteiger partial charge on any atom is 0.244 e. The molecule has 0 aliphatic rings. The second-order valence-corrected chi connectivity index (χ2v) is 7.12. The van der Waals surface area contributed by atoms with Crippen molar-refractivity contribution in [2.45, 2.75) is 6.92 Å². The molecule has 5 heteroatoms. The standard InChI is InChI=1S/C22H17BrN4/c1-15-7-12-20-19(13-15)21(17-5-3-2-4-6-17)26-22(25-20)27-24-14-16-8-10-18(23)11-9-16/h2-14H,1H3,(H,25,26,27)/b24-14-. The van der Waals surface area contributed by atoms with E-state index in [0.717, 1.165) is 32.2 Å². The minimum Gasteiger partial charge on any atom is -0.245 e. The topological polar surface area (TPSA) is 50.2 Å². The molecule has 0 saturated heterocycles. The Kier molecular flexibility index (Phi) is 4.94. The van der Waals surface area contributed by atoms with Crippen LogP contribution in [0.5, 0.6) is 0 Å². The number of benzene rings is 3. The van der Waals surface area contributed by atoms with Gasteiger partial charge in [-0.15, -0.1) is 0 Å². The predicted octanol–water partition coefficient (Wildman–Crippen LogP) is 5.81. The number of aryl methyl sites for hydroxylation is 1. The average Bonchev–Trinajstić information content (AvgIpc) is 2.70. The summed E-state index contributed by atoms with van der Waals surface area (Å²) in [6, 6.07) is 24.2. The van der Waals surface area contributed by atoms with Crippen LogP contribution in [0.3, 0.4) is 0 Å². The van der Waals surface area contributed by atoms with Gasteiger partial charge in [0.05, 0.1) is 17.4 Å². The first kappa shape index (κ1) is 17.4. The van der Waals surface area contributed by atoms with E-state index in [1.807, 2.05) is 48.5 Å². The largest absolute Gasteiger partial charge is 0.245 e. The van der Waals surface area contributed by atoms with E-state index in [0.29, 0.717) is 5.95 Å². The van der Waals surface area contributed by atoms with E-state index in [9.17, 15) is 0 Å². The molecule has 0 bridgehead atoms. The van der Waals surface area contributed by atoms with Gasteiger partial charge in [-0.2, -0.15) is 5.10 Å². The third-order valence-corrected chi connectivity index (χ3v) is 4.68. The maximum absolute atomic E-state index is 4.71. The van der Waals surface area contributed by atoms with Crippen LogP contribution in [0.4, 0.5) is 5.95 Å². The fourth-order valence-corrected chi connectivity index (χ4v) is 3.09. The third kappa shape index (κ3) is 4.04. The number of rotatable bonds is 4. The van der Waals surface area contributed by atoms with E-state index in [1.54, 1.807) is 6.21 Å². The van der Waals surface area contributed by atoms with Gasteiger partial charge in [0.2, 0.25) is 5.95 Å². The predicted molar refractivity (Wildman–Crippen MR) is 115 cm³/mol. The lowest BCUT2D eigenvalue weighted by Gasteiger charge is -2.09. The van der Waals surface area contributed by atoms with Crippen LogP contribution >= 0.6 is 15.9 Å². The Labute approximate surface area is 166 Å². The molecule has 1 N–H and O–H groups in total. The summed E-state index contributed by atoms with van der Waals surface area (Å²) in [4.78, 5) is 9.32. The minimum atomic E-state index is 0.471. The van der Waals surface area contributed by atoms with Crippen LogP contribution in [0.25, 0.3) is 22.2 Å². The summed E-state index contributed by atoms with van der Waals surface area (Å²) < 4.78 is 1.04. The summed E-state index contributed by atoms with van der Waals surface area (Å²) in [5.74, 6) is 0.471. The van der Waals surface area contributed by atoms with Gasteiger partial charge in [0.1, 0.15) is 0 Å². The number of nitrogens with one attached hydrogen (secondary N) is 1. The molecule has 4 rings (SSSR count). The van der Waals surface area contributed by atoms with Crippen molar-refractivity contribution in [1.29, 1.82) is 0 Å². The normalized spacial score (nSPS) is 11.2. The molecule has 4 aromatic rings. The lowest BCUT2D eigenvalue weighted by molar-refractivity contribution is 1.15. The van der Waals surface area contributed by atoms with Crippen LogP contribution in [0.2, 0.25) is 0 Å². The van der Waals surface area contributed by atoms with Crippen molar-refractivity contribution in [3.63, 3.8) is 0 Å².